The number of fused-ring (bicyclic) bond motifs is 1. The van der Waals surface area contributed by atoms with Crippen molar-refractivity contribution in [3.63, 3.8) is 0 Å². The summed E-state index contributed by atoms with van der Waals surface area (Å²) in [7, 11) is -2.97. The summed E-state index contributed by atoms with van der Waals surface area (Å²) >= 11 is 1.48. The summed E-state index contributed by atoms with van der Waals surface area (Å²) in [6.45, 7) is 0. The van der Waals surface area contributed by atoms with Gasteiger partial charge in [0.15, 0.2) is 9.84 Å². The normalized spacial score (nSPS) is 19.6. The highest BCUT2D eigenvalue weighted by Gasteiger charge is 2.28. The lowest BCUT2D eigenvalue weighted by Gasteiger charge is -2.13. The van der Waals surface area contributed by atoms with Gasteiger partial charge < -0.3 is 5.32 Å². The fourth-order valence-electron chi connectivity index (χ4n) is 2.93. The lowest BCUT2D eigenvalue weighted by atomic mass is 10.1. The molecule has 1 saturated heterocycles. The predicted octanol–water partition coefficient (Wildman–Crippen LogP) is 3.10. The summed E-state index contributed by atoms with van der Waals surface area (Å²) in [5, 5.41) is 6.06. The number of anilines is 1. The molecule has 124 valence electrons. The maximum absolute atomic E-state index is 13.2. The molecule has 2 aromatic heterocycles. The van der Waals surface area contributed by atoms with E-state index in [0.717, 1.165) is 21.3 Å². The fraction of sp³-hybridized carbons (Fsp3) is 0.250. The minimum absolute atomic E-state index is 0.120. The number of halogens is 1. The Morgan fingerprint density at radius 3 is 2.71 bits per heavy atom. The highest BCUT2D eigenvalue weighted by Crippen LogP contribution is 2.37. The van der Waals surface area contributed by atoms with Crippen LogP contribution in [0.25, 0.3) is 21.3 Å². The number of rotatable bonds is 3. The number of benzene rings is 1. The van der Waals surface area contributed by atoms with Crippen molar-refractivity contribution in [2.45, 2.75) is 12.5 Å². The lowest BCUT2D eigenvalue weighted by molar-refractivity contribution is 0.602. The number of aromatic nitrogens is 2. The van der Waals surface area contributed by atoms with Gasteiger partial charge >= 0.3 is 0 Å². The van der Waals surface area contributed by atoms with Gasteiger partial charge in [-0.2, -0.15) is 0 Å². The van der Waals surface area contributed by atoms with Crippen molar-refractivity contribution < 1.29 is 12.8 Å². The molecule has 1 aromatic carbocycles. The molecule has 24 heavy (non-hydrogen) atoms. The molecule has 1 fully saturated rings. The summed E-state index contributed by atoms with van der Waals surface area (Å²) in [5.41, 5.74) is 1.79. The van der Waals surface area contributed by atoms with Crippen LogP contribution >= 0.6 is 11.3 Å². The maximum Gasteiger partial charge on any atom is 0.152 e. The number of hydrogen-bond acceptors (Lipinski definition) is 6. The van der Waals surface area contributed by atoms with Gasteiger partial charge in [-0.15, -0.1) is 11.3 Å². The highest BCUT2D eigenvalue weighted by molar-refractivity contribution is 7.91. The Morgan fingerprint density at radius 1 is 1.21 bits per heavy atom. The molecule has 0 aliphatic carbocycles. The van der Waals surface area contributed by atoms with Crippen LogP contribution in [0.5, 0.6) is 0 Å². The van der Waals surface area contributed by atoms with E-state index in [-0.39, 0.29) is 23.4 Å². The molecule has 0 spiro atoms. The molecule has 1 N–H and O–H groups in total. The van der Waals surface area contributed by atoms with Gasteiger partial charge in [0.1, 0.15) is 22.8 Å². The van der Waals surface area contributed by atoms with Gasteiger partial charge in [-0.1, -0.05) is 12.1 Å². The van der Waals surface area contributed by atoms with Crippen LogP contribution in [0.1, 0.15) is 6.42 Å². The average Bonchev–Trinajstić information content (AvgIpc) is 3.12. The van der Waals surface area contributed by atoms with Crippen molar-refractivity contribution in [2.24, 2.45) is 0 Å². The average molecular weight is 363 g/mol. The fourth-order valence-corrected chi connectivity index (χ4v) is 5.52. The Hall–Kier alpha value is -2.06. The van der Waals surface area contributed by atoms with Crippen LogP contribution in [0, 0.1) is 5.82 Å². The van der Waals surface area contributed by atoms with Crippen LogP contribution in [0.4, 0.5) is 10.2 Å². The van der Waals surface area contributed by atoms with Crippen molar-refractivity contribution in [1.29, 1.82) is 0 Å². The van der Waals surface area contributed by atoms with Gasteiger partial charge in [0.2, 0.25) is 0 Å². The molecule has 0 amide bonds. The smallest absolute Gasteiger partial charge is 0.152 e. The second kappa shape index (κ2) is 5.78. The Labute approximate surface area is 142 Å². The molecule has 0 saturated carbocycles. The molecular weight excluding hydrogens is 349 g/mol. The van der Waals surface area contributed by atoms with Gasteiger partial charge in [-0.25, -0.2) is 22.8 Å². The molecule has 1 atom stereocenters. The zero-order valence-corrected chi connectivity index (χ0v) is 14.2. The SMILES string of the molecule is O=S1(=O)CC[C@@H](Nc2ncnc3scc(-c4ccc(F)cc4)c23)C1. The molecule has 1 aliphatic rings. The Balaban J connectivity index is 1.76. The first-order valence-corrected chi connectivity index (χ1v) is 10.2. The van der Waals surface area contributed by atoms with Gasteiger partial charge in [0, 0.05) is 17.0 Å². The van der Waals surface area contributed by atoms with Gasteiger partial charge in [0.05, 0.1) is 16.9 Å². The Morgan fingerprint density at radius 2 is 2.00 bits per heavy atom. The highest BCUT2D eigenvalue weighted by atomic mass is 32.2. The molecule has 4 rings (SSSR count). The van der Waals surface area contributed by atoms with Crippen LogP contribution in [-0.4, -0.2) is 35.9 Å². The summed E-state index contributed by atoms with van der Waals surface area (Å²) in [4.78, 5) is 9.41. The third-order valence-corrected chi connectivity index (χ3v) is 6.75. The molecule has 0 bridgehead atoms. The van der Waals surface area contributed by atoms with E-state index in [1.54, 1.807) is 12.1 Å². The third kappa shape index (κ3) is 2.87. The van der Waals surface area contributed by atoms with Crippen molar-refractivity contribution in [1.82, 2.24) is 9.97 Å². The van der Waals surface area contributed by atoms with Crippen LogP contribution in [-0.2, 0) is 9.84 Å². The molecule has 0 unspecified atom stereocenters. The standard InChI is InChI=1S/C16H14FN3O2S2/c17-11-3-1-10(2-4-11)13-7-23-16-14(13)15(18-9-19-16)20-12-5-6-24(21,22)8-12/h1-4,7,9,12H,5-6,8H2,(H,18,19,20)/t12-/m1/s1. The molecule has 3 aromatic rings. The number of sulfone groups is 1. The summed E-state index contributed by atoms with van der Waals surface area (Å²) in [6.07, 6.45) is 2.04. The number of nitrogens with one attached hydrogen (secondary N) is 1. The van der Waals surface area contributed by atoms with Crippen molar-refractivity contribution in [3.8, 4) is 11.1 Å². The zero-order valence-electron chi connectivity index (χ0n) is 12.6. The minimum atomic E-state index is -2.97. The van der Waals surface area contributed by atoms with Crippen LogP contribution < -0.4 is 5.32 Å². The van der Waals surface area contributed by atoms with E-state index < -0.39 is 9.84 Å². The topological polar surface area (TPSA) is 72.0 Å². The lowest BCUT2D eigenvalue weighted by Crippen LogP contribution is -2.21. The number of nitrogens with zero attached hydrogens (tertiary/aromatic N) is 2. The molecule has 8 heteroatoms. The monoisotopic (exact) mass is 363 g/mol. The minimum Gasteiger partial charge on any atom is -0.366 e. The quantitative estimate of drug-likeness (QED) is 0.774. The van der Waals surface area contributed by atoms with Gasteiger partial charge in [-0.3, -0.25) is 0 Å². The molecular formula is C16H14FN3O2S2. The molecule has 3 heterocycles. The first-order valence-electron chi connectivity index (χ1n) is 7.47. The summed E-state index contributed by atoms with van der Waals surface area (Å²) < 4.78 is 36.5. The van der Waals surface area contributed by atoms with E-state index in [2.05, 4.69) is 15.3 Å². The van der Waals surface area contributed by atoms with Crippen molar-refractivity contribution >= 4 is 37.2 Å². The first kappa shape index (κ1) is 15.5. The first-order chi connectivity index (χ1) is 11.5. The predicted molar refractivity (Wildman–Crippen MR) is 93.5 cm³/mol. The van der Waals surface area contributed by atoms with Crippen molar-refractivity contribution in [3.05, 3.63) is 41.8 Å². The second-order valence-corrected chi connectivity index (χ2v) is 8.89. The van der Waals surface area contributed by atoms with Crippen LogP contribution in [0.3, 0.4) is 0 Å². The van der Waals surface area contributed by atoms with E-state index in [4.69, 9.17) is 0 Å². The van der Waals surface area contributed by atoms with Crippen LogP contribution in [0.2, 0.25) is 0 Å². The zero-order chi connectivity index (χ0) is 16.7. The van der Waals surface area contributed by atoms with Gasteiger partial charge in [-0.05, 0) is 24.1 Å². The van der Waals surface area contributed by atoms with E-state index in [1.165, 1.54) is 29.8 Å². The summed E-state index contributed by atoms with van der Waals surface area (Å²) in [5.74, 6) is 0.661. The number of thiophene rings is 1. The van der Waals surface area contributed by atoms with E-state index in [0.29, 0.717) is 12.2 Å². The maximum atomic E-state index is 13.2. The van der Waals surface area contributed by atoms with Crippen LogP contribution in [0.15, 0.2) is 36.0 Å². The Bertz CT molecular complexity index is 1000. The van der Waals surface area contributed by atoms with E-state index >= 15 is 0 Å². The largest absolute Gasteiger partial charge is 0.366 e. The number of hydrogen-bond donors (Lipinski definition) is 1. The van der Waals surface area contributed by atoms with Gasteiger partial charge in [0.25, 0.3) is 0 Å². The van der Waals surface area contributed by atoms with Crippen molar-refractivity contribution in [2.75, 3.05) is 16.8 Å². The molecule has 5 nitrogen and oxygen atoms in total. The molecule has 0 radical (unpaired) electrons. The third-order valence-electron chi connectivity index (χ3n) is 4.10. The molecule has 1 aliphatic heterocycles. The Kier molecular flexibility index (Phi) is 3.73. The van der Waals surface area contributed by atoms with E-state index in [9.17, 15) is 12.8 Å². The van der Waals surface area contributed by atoms with E-state index in [1.807, 2.05) is 5.38 Å². The second-order valence-electron chi connectivity index (χ2n) is 5.80. The summed E-state index contributed by atoms with van der Waals surface area (Å²) in [6, 6.07) is 6.12.